The third-order valence-electron chi connectivity index (χ3n) is 9.31. The number of nitrogens with one attached hydrogen (secondary N) is 3. The van der Waals surface area contributed by atoms with Gasteiger partial charge in [-0.25, -0.2) is 9.97 Å². The van der Waals surface area contributed by atoms with Gasteiger partial charge in [0, 0.05) is 75.0 Å². The predicted molar refractivity (Wildman–Crippen MR) is 187 cm³/mol. The Labute approximate surface area is 285 Å². The number of H-pyrrole nitrogens is 1. The van der Waals surface area contributed by atoms with Crippen molar-refractivity contribution in [2.75, 3.05) is 82.5 Å². The molecule has 2 amide bonds. The Bertz CT molecular complexity index is 1780. The van der Waals surface area contributed by atoms with E-state index in [1.807, 2.05) is 36.4 Å². The predicted octanol–water partition coefficient (Wildman–Crippen LogP) is 3.08. The molecule has 3 aromatic heterocycles. The standard InChI is InChI=1S/C36H43N9O4/c1-25(21-43-11-15-48-16-12-43)35(46)41-29-3-2-10-44(23-29)22-26-8-9-37-32(19-26)36(47)40-28-6-4-27(5-7-28)31-20-30-33(42-31)38-24-39-34(30)45-13-17-49-18-14-45/h4-9,19-20,24,29H,1-3,10-18,21-23H2,(H,40,47)(H,41,46)(H,38,39,42)/t29-/m1/s1. The number of anilines is 2. The number of carbonyl (C=O) groups is 2. The molecule has 3 N–H and O–H groups in total. The maximum atomic E-state index is 13.2. The number of aromatic amines is 1. The molecule has 0 bridgehead atoms. The number of hydrogen-bond donors (Lipinski definition) is 3. The Morgan fingerprint density at radius 2 is 1.69 bits per heavy atom. The maximum Gasteiger partial charge on any atom is 0.274 e. The largest absolute Gasteiger partial charge is 0.379 e. The smallest absolute Gasteiger partial charge is 0.274 e. The Morgan fingerprint density at radius 1 is 0.918 bits per heavy atom. The lowest BCUT2D eigenvalue weighted by Crippen LogP contribution is -2.48. The lowest BCUT2D eigenvalue weighted by Gasteiger charge is -2.33. The van der Waals surface area contributed by atoms with E-state index in [9.17, 15) is 9.59 Å². The van der Waals surface area contributed by atoms with E-state index in [-0.39, 0.29) is 17.9 Å². The molecule has 1 atom stereocenters. The Hall–Kier alpha value is -4.69. The number of piperidine rings is 1. The fourth-order valence-electron chi connectivity index (χ4n) is 6.70. The summed E-state index contributed by atoms with van der Waals surface area (Å²) in [7, 11) is 0. The average molecular weight is 666 g/mol. The summed E-state index contributed by atoms with van der Waals surface area (Å²) in [6.45, 7) is 12.9. The summed E-state index contributed by atoms with van der Waals surface area (Å²) in [4.78, 5) is 49.6. The van der Waals surface area contributed by atoms with E-state index in [0.29, 0.717) is 56.5 Å². The minimum Gasteiger partial charge on any atom is -0.379 e. The van der Waals surface area contributed by atoms with E-state index in [2.05, 4.69) is 57.9 Å². The molecule has 3 aliphatic rings. The molecule has 256 valence electrons. The number of nitrogens with zero attached hydrogens (tertiary/aromatic N) is 6. The van der Waals surface area contributed by atoms with Crippen LogP contribution in [0.15, 0.2) is 67.1 Å². The van der Waals surface area contributed by atoms with Gasteiger partial charge in [-0.05, 0) is 60.8 Å². The molecular weight excluding hydrogens is 622 g/mol. The molecule has 0 aliphatic carbocycles. The number of pyridine rings is 1. The number of fused-ring (bicyclic) bond motifs is 1. The summed E-state index contributed by atoms with van der Waals surface area (Å²) in [6, 6.07) is 13.6. The fraction of sp³-hybridized carbons (Fsp3) is 0.417. The fourth-order valence-corrected chi connectivity index (χ4v) is 6.70. The average Bonchev–Trinajstić information content (AvgIpc) is 3.58. The molecule has 1 aromatic carbocycles. The van der Waals surface area contributed by atoms with Crippen LogP contribution < -0.4 is 15.5 Å². The Balaban J connectivity index is 0.932. The number of amides is 2. The Kier molecular flexibility index (Phi) is 10.2. The first kappa shape index (κ1) is 32.8. The molecule has 0 radical (unpaired) electrons. The van der Waals surface area contributed by atoms with Gasteiger partial charge >= 0.3 is 0 Å². The molecule has 0 saturated carbocycles. The second-order valence-electron chi connectivity index (χ2n) is 12.9. The lowest BCUT2D eigenvalue weighted by atomic mass is 10.0. The molecule has 0 spiro atoms. The van der Waals surface area contributed by atoms with Crippen LogP contribution in [0.4, 0.5) is 11.5 Å². The highest BCUT2D eigenvalue weighted by Crippen LogP contribution is 2.30. The molecule has 3 fully saturated rings. The van der Waals surface area contributed by atoms with E-state index in [1.165, 1.54) is 0 Å². The summed E-state index contributed by atoms with van der Waals surface area (Å²) < 4.78 is 10.9. The lowest BCUT2D eigenvalue weighted by molar-refractivity contribution is -0.118. The molecule has 4 aromatic rings. The highest BCUT2D eigenvalue weighted by Gasteiger charge is 2.24. The van der Waals surface area contributed by atoms with E-state index in [4.69, 9.17) is 9.47 Å². The van der Waals surface area contributed by atoms with Gasteiger partial charge in [0.2, 0.25) is 5.91 Å². The van der Waals surface area contributed by atoms with Crippen molar-refractivity contribution in [2.45, 2.75) is 25.4 Å². The normalized spacial score (nSPS) is 19.1. The molecule has 0 unspecified atom stereocenters. The van der Waals surface area contributed by atoms with Crippen molar-refractivity contribution in [3.8, 4) is 11.3 Å². The van der Waals surface area contributed by atoms with E-state index in [0.717, 1.165) is 85.8 Å². The third-order valence-corrected chi connectivity index (χ3v) is 9.31. The summed E-state index contributed by atoms with van der Waals surface area (Å²) >= 11 is 0. The highest BCUT2D eigenvalue weighted by molar-refractivity contribution is 6.03. The monoisotopic (exact) mass is 665 g/mol. The molecule has 7 rings (SSSR count). The number of carbonyl (C=O) groups excluding carboxylic acids is 2. The van der Waals surface area contributed by atoms with E-state index >= 15 is 0 Å². The zero-order valence-electron chi connectivity index (χ0n) is 27.7. The van der Waals surface area contributed by atoms with Gasteiger partial charge in [0.1, 0.15) is 23.5 Å². The van der Waals surface area contributed by atoms with Gasteiger partial charge in [-0.15, -0.1) is 0 Å². The van der Waals surface area contributed by atoms with Gasteiger partial charge in [0.25, 0.3) is 5.91 Å². The second kappa shape index (κ2) is 15.2. The van der Waals surface area contributed by atoms with E-state index < -0.39 is 0 Å². The van der Waals surface area contributed by atoms with Crippen molar-refractivity contribution in [3.05, 3.63) is 78.4 Å². The number of likely N-dealkylation sites (tertiary alicyclic amines) is 1. The zero-order valence-corrected chi connectivity index (χ0v) is 27.7. The summed E-state index contributed by atoms with van der Waals surface area (Å²) in [5, 5.41) is 7.14. The number of benzene rings is 1. The second-order valence-corrected chi connectivity index (χ2v) is 12.9. The first-order valence-corrected chi connectivity index (χ1v) is 17.0. The van der Waals surface area contributed by atoms with Crippen LogP contribution >= 0.6 is 0 Å². The Morgan fingerprint density at radius 3 is 2.49 bits per heavy atom. The highest BCUT2D eigenvalue weighted by atomic mass is 16.5. The van der Waals surface area contributed by atoms with Crippen molar-refractivity contribution in [1.82, 2.24) is 35.1 Å². The zero-order chi connectivity index (χ0) is 33.6. The molecule has 3 saturated heterocycles. The van der Waals surface area contributed by atoms with Crippen molar-refractivity contribution in [2.24, 2.45) is 0 Å². The molecule has 3 aliphatic heterocycles. The van der Waals surface area contributed by atoms with Crippen molar-refractivity contribution >= 4 is 34.4 Å². The quantitative estimate of drug-likeness (QED) is 0.217. The van der Waals surface area contributed by atoms with Gasteiger partial charge in [-0.1, -0.05) is 18.7 Å². The van der Waals surface area contributed by atoms with Gasteiger partial charge in [-0.2, -0.15) is 0 Å². The number of rotatable bonds is 10. The van der Waals surface area contributed by atoms with Gasteiger partial charge in [0.15, 0.2) is 0 Å². The van der Waals surface area contributed by atoms with Crippen LogP contribution in [-0.4, -0.2) is 120 Å². The number of morpholine rings is 2. The van der Waals surface area contributed by atoms with Crippen LogP contribution in [0.3, 0.4) is 0 Å². The van der Waals surface area contributed by atoms with Crippen molar-refractivity contribution in [3.63, 3.8) is 0 Å². The number of aromatic nitrogens is 4. The number of ether oxygens (including phenoxy) is 2. The molecule has 13 heteroatoms. The first-order valence-electron chi connectivity index (χ1n) is 17.0. The number of hydrogen-bond acceptors (Lipinski definition) is 10. The van der Waals surface area contributed by atoms with Crippen LogP contribution in [0.5, 0.6) is 0 Å². The summed E-state index contributed by atoms with van der Waals surface area (Å²) in [5.74, 6) is 0.554. The summed E-state index contributed by atoms with van der Waals surface area (Å²) in [6.07, 6.45) is 5.18. The van der Waals surface area contributed by atoms with Crippen molar-refractivity contribution in [1.29, 1.82) is 0 Å². The summed E-state index contributed by atoms with van der Waals surface area (Å²) in [5.41, 5.74) is 5.30. The van der Waals surface area contributed by atoms with Gasteiger partial charge < -0.3 is 30.0 Å². The molecular formula is C36H43N9O4. The van der Waals surface area contributed by atoms with Crippen LogP contribution in [-0.2, 0) is 20.8 Å². The topological polar surface area (TPSA) is 141 Å². The third kappa shape index (κ3) is 8.14. The van der Waals surface area contributed by atoms with Crippen molar-refractivity contribution < 1.29 is 19.1 Å². The van der Waals surface area contributed by atoms with Gasteiger partial charge in [-0.3, -0.25) is 24.4 Å². The maximum absolute atomic E-state index is 13.2. The molecule has 13 nitrogen and oxygen atoms in total. The van der Waals surface area contributed by atoms with Crippen LogP contribution in [0.2, 0.25) is 0 Å². The SMILES string of the molecule is C=C(CN1CCOCC1)C(=O)N[C@@H]1CCCN(Cc2ccnc(C(=O)Nc3ccc(-c4cc5c(N6CCOCC6)ncnc5[nH]4)cc3)c2)C1. The van der Waals surface area contributed by atoms with Crippen LogP contribution in [0.25, 0.3) is 22.3 Å². The molecule has 49 heavy (non-hydrogen) atoms. The first-order chi connectivity index (χ1) is 24.0. The minimum absolute atomic E-state index is 0.0550. The van der Waals surface area contributed by atoms with Crippen LogP contribution in [0.1, 0.15) is 28.9 Å². The van der Waals surface area contributed by atoms with E-state index in [1.54, 1.807) is 12.5 Å². The van der Waals surface area contributed by atoms with Gasteiger partial charge in [0.05, 0.1) is 31.8 Å². The molecule has 6 heterocycles. The minimum atomic E-state index is -0.270. The van der Waals surface area contributed by atoms with Crippen LogP contribution in [0, 0.1) is 0 Å².